The molecule has 1 aromatic heterocycles. The molecule has 3 aliphatic rings. The molecular weight excluding hydrogens is 440 g/mol. The lowest BCUT2D eigenvalue weighted by Gasteiger charge is -2.39. The average Bonchev–Trinajstić information content (AvgIpc) is 3.35. The van der Waals surface area contributed by atoms with Crippen molar-refractivity contribution in [3.63, 3.8) is 0 Å². The Morgan fingerprint density at radius 1 is 1.14 bits per heavy atom. The molecule has 6 nitrogen and oxygen atoms in total. The van der Waals surface area contributed by atoms with Crippen molar-refractivity contribution in [2.24, 2.45) is 10.8 Å². The van der Waals surface area contributed by atoms with Crippen molar-refractivity contribution in [1.82, 2.24) is 4.90 Å². The number of nitrogens with zero attached hydrogens (tertiary/aromatic N) is 2. The zero-order valence-corrected chi connectivity index (χ0v) is 21.9. The fourth-order valence-corrected chi connectivity index (χ4v) is 6.57. The summed E-state index contributed by atoms with van der Waals surface area (Å²) in [6, 6.07) is 9.93. The highest BCUT2D eigenvalue weighted by Gasteiger charge is 2.51. The Hall–Kier alpha value is -2.76. The number of anilines is 1. The van der Waals surface area contributed by atoms with E-state index < -0.39 is 0 Å². The predicted octanol–water partition coefficient (Wildman–Crippen LogP) is 5.93. The monoisotopic (exact) mass is 478 g/mol. The van der Waals surface area contributed by atoms with Crippen molar-refractivity contribution in [2.45, 2.75) is 85.2 Å². The highest BCUT2D eigenvalue weighted by atomic mass is 16.5. The summed E-state index contributed by atoms with van der Waals surface area (Å²) in [5.41, 5.74) is 2.33. The molecule has 2 bridgehead atoms. The minimum absolute atomic E-state index is 0.000159. The van der Waals surface area contributed by atoms with Crippen molar-refractivity contribution in [3.8, 4) is 5.75 Å². The molecular formula is C29H38N2O4. The number of furan rings is 1. The molecule has 2 aliphatic heterocycles. The summed E-state index contributed by atoms with van der Waals surface area (Å²) in [7, 11) is 0. The summed E-state index contributed by atoms with van der Waals surface area (Å²) in [6.45, 7) is 14.5. The lowest BCUT2D eigenvalue weighted by Crippen LogP contribution is -2.38. The largest absolute Gasteiger partial charge is 0.482 e. The lowest BCUT2D eigenvalue weighted by molar-refractivity contribution is -0.121. The molecule has 2 amide bonds. The molecule has 1 saturated heterocycles. The zero-order valence-electron chi connectivity index (χ0n) is 21.9. The standard InChI is InChI=1S/C29H38N2O4/c1-7-28(4,5)19-8-10-23-22(12-19)30(25(32)16-34-23)15-21-9-11-24(35-21)26(33)31-18-29(6)14-20(31)13-27(2,3)17-29/h8-12,20H,7,13-18H2,1-6H3. The molecule has 1 aromatic carbocycles. The minimum atomic E-state index is -0.114. The first kappa shape index (κ1) is 24.0. The van der Waals surface area contributed by atoms with E-state index in [1.165, 1.54) is 0 Å². The maximum atomic E-state index is 13.4. The molecule has 1 aliphatic carbocycles. The number of amides is 2. The summed E-state index contributed by atoms with van der Waals surface area (Å²) in [6.07, 6.45) is 4.21. The van der Waals surface area contributed by atoms with Gasteiger partial charge in [0, 0.05) is 12.6 Å². The third-order valence-electron chi connectivity index (χ3n) is 8.43. The van der Waals surface area contributed by atoms with Gasteiger partial charge in [-0.3, -0.25) is 14.5 Å². The van der Waals surface area contributed by atoms with Gasteiger partial charge in [-0.05, 0) is 71.8 Å². The molecule has 0 radical (unpaired) electrons. The third kappa shape index (κ3) is 4.36. The molecule has 0 spiro atoms. The van der Waals surface area contributed by atoms with Crippen LogP contribution in [0.2, 0.25) is 0 Å². The first-order chi connectivity index (χ1) is 16.4. The van der Waals surface area contributed by atoms with Gasteiger partial charge < -0.3 is 14.1 Å². The third-order valence-corrected chi connectivity index (χ3v) is 8.43. The average molecular weight is 479 g/mol. The van der Waals surface area contributed by atoms with Crippen LogP contribution in [0.1, 0.15) is 89.1 Å². The molecule has 5 rings (SSSR count). The van der Waals surface area contributed by atoms with E-state index in [0.29, 0.717) is 17.3 Å². The van der Waals surface area contributed by atoms with E-state index in [-0.39, 0.29) is 47.3 Å². The molecule has 0 N–H and O–H groups in total. The van der Waals surface area contributed by atoms with Crippen molar-refractivity contribution < 1.29 is 18.7 Å². The van der Waals surface area contributed by atoms with Crippen LogP contribution in [0.3, 0.4) is 0 Å². The van der Waals surface area contributed by atoms with Crippen LogP contribution >= 0.6 is 0 Å². The number of hydrogen-bond donors (Lipinski definition) is 0. The summed E-state index contributed by atoms with van der Waals surface area (Å²) in [5, 5.41) is 0. The highest BCUT2D eigenvalue weighted by Crippen LogP contribution is 2.52. The number of ether oxygens (including phenoxy) is 1. The van der Waals surface area contributed by atoms with Gasteiger partial charge in [0.15, 0.2) is 12.4 Å². The van der Waals surface area contributed by atoms with Crippen molar-refractivity contribution in [2.75, 3.05) is 18.1 Å². The zero-order chi connectivity index (χ0) is 25.2. The molecule has 2 aromatic rings. The van der Waals surface area contributed by atoms with Crippen LogP contribution in [0.4, 0.5) is 5.69 Å². The van der Waals surface area contributed by atoms with Gasteiger partial charge in [0.25, 0.3) is 11.8 Å². The molecule has 2 atom stereocenters. The van der Waals surface area contributed by atoms with Gasteiger partial charge in [0.1, 0.15) is 11.5 Å². The molecule has 3 heterocycles. The summed E-state index contributed by atoms with van der Waals surface area (Å²) < 4.78 is 11.7. The van der Waals surface area contributed by atoms with E-state index in [9.17, 15) is 9.59 Å². The van der Waals surface area contributed by atoms with Crippen LogP contribution in [0.25, 0.3) is 0 Å². The smallest absolute Gasteiger partial charge is 0.289 e. The van der Waals surface area contributed by atoms with E-state index in [0.717, 1.165) is 43.5 Å². The number of fused-ring (bicyclic) bond motifs is 3. The Balaban J connectivity index is 1.37. The van der Waals surface area contributed by atoms with E-state index >= 15 is 0 Å². The van der Waals surface area contributed by atoms with Gasteiger partial charge in [-0.15, -0.1) is 0 Å². The Morgan fingerprint density at radius 3 is 2.66 bits per heavy atom. The normalized spacial score (nSPS) is 25.4. The Kier molecular flexibility index (Phi) is 5.57. The number of rotatable bonds is 5. The number of likely N-dealkylation sites (tertiary alicyclic amines) is 1. The van der Waals surface area contributed by atoms with Gasteiger partial charge in [0.2, 0.25) is 0 Å². The second-order valence-corrected chi connectivity index (χ2v) is 12.6. The van der Waals surface area contributed by atoms with Gasteiger partial charge in [-0.2, -0.15) is 0 Å². The first-order valence-corrected chi connectivity index (χ1v) is 12.9. The summed E-state index contributed by atoms with van der Waals surface area (Å²) in [5.74, 6) is 1.50. The van der Waals surface area contributed by atoms with Crippen LogP contribution in [0.5, 0.6) is 5.75 Å². The van der Waals surface area contributed by atoms with Crippen molar-refractivity contribution in [1.29, 1.82) is 0 Å². The lowest BCUT2D eigenvalue weighted by atomic mass is 9.65. The Labute approximate surface area is 208 Å². The Morgan fingerprint density at radius 2 is 1.91 bits per heavy atom. The maximum absolute atomic E-state index is 13.4. The second-order valence-electron chi connectivity index (χ2n) is 12.6. The minimum Gasteiger partial charge on any atom is -0.482 e. The number of benzene rings is 1. The van der Waals surface area contributed by atoms with Gasteiger partial charge in [-0.25, -0.2) is 0 Å². The molecule has 35 heavy (non-hydrogen) atoms. The van der Waals surface area contributed by atoms with E-state index in [4.69, 9.17) is 9.15 Å². The highest BCUT2D eigenvalue weighted by molar-refractivity contribution is 5.98. The molecule has 188 valence electrons. The second kappa shape index (κ2) is 8.14. The fourth-order valence-electron chi connectivity index (χ4n) is 6.57. The molecule has 1 saturated carbocycles. The van der Waals surface area contributed by atoms with Crippen LogP contribution in [-0.4, -0.2) is 35.9 Å². The SMILES string of the molecule is CCC(C)(C)c1ccc2c(c1)N(Cc1ccc(C(=O)N3CC4(C)CC3CC(C)(C)C4)o1)C(=O)CO2. The van der Waals surface area contributed by atoms with E-state index in [1.807, 2.05) is 17.0 Å². The van der Waals surface area contributed by atoms with Gasteiger partial charge >= 0.3 is 0 Å². The fraction of sp³-hybridized carbons (Fsp3) is 0.586. The van der Waals surface area contributed by atoms with E-state index in [2.05, 4.69) is 53.7 Å². The summed E-state index contributed by atoms with van der Waals surface area (Å²) in [4.78, 5) is 30.0. The van der Waals surface area contributed by atoms with Crippen molar-refractivity contribution in [3.05, 3.63) is 47.4 Å². The maximum Gasteiger partial charge on any atom is 0.289 e. The summed E-state index contributed by atoms with van der Waals surface area (Å²) >= 11 is 0. The quantitative estimate of drug-likeness (QED) is 0.534. The van der Waals surface area contributed by atoms with E-state index in [1.54, 1.807) is 11.0 Å². The van der Waals surface area contributed by atoms with Crippen LogP contribution in [0, 0.1) is 10.8 Å². The van der Waals surface area contributed by atoms with Crippen LogP contribution in [-0.2, 0) is 16.8 Å². The number of carbonyl (C=O) groups is 2. The van der Waals surface area contributed by atoms with Crippen LogP contribution in [0.15, 0.2) is 34.7 Å². The topological polar surface area (TPSA) is 63.0 Å². The Bertz CT molecular complexity index is 1160. The molecule has 2 fully saturated rings. The van der Waals surface area contributed by atoms with Gasteiger partial charge in [0.05, 0.1) is 12.2 Å². The van der Waals surface area contributed by atoms with Gasteiger partial charge in [-0.1, -0.05) is 47.6 Å². The molecule has 6 heteroatoms. The number of carbonyl (C=O) groups excluding carboxylic acids is 2. The molecule has 2 unspecified atom stereocenters. The first-order valence-electron chi connectivity index (χ1n) is 12.9. The van der Waals surface area contributed by atoms with Crippen LogP contribution < -0.4 is 9.64 Å². The van der Waals surface area contributed by atoms with Crippen molar-refractivity contribution >= 4 is 17.5 Å². The predicted molar refractivity (Wildman–Crippen MR) is 136 cm³/mol. The number of hydrogen-bond acceptors (Lipinski definition) is 4.